The first-order valence-electron chi connectivity index (χ1n) is 6.05. The lowest BCUT2D eigenvalue weighted by molar-refractivity contribution is 0.0948. The maximum Gasteiger partial charge on any atom is 0.255 e. The van der Waals surface area contributed by atoms with E-state index in [0.29, 0.717) is 12.1 Å². The molecule has 0 aliphatic carbocycles. The summed E-state index contributed by atoms with van der Waals surface area (Å²) in [4.78, 5) is 16.0. The van der Waals surface area contributed by atoms with Crippen molar-refractivity contribution in [1.29, 1.82) is 0 Å². The number of rotatable bonds is 3. The summed E-state index contributed by atoms with van der Waals surface area (Å²) >= 11 is 0. The largest absolute Gasteiger partial charge is 0.507 e. The van der Waals surface area contributed by atoms with E-state index in [1.54, 1.807) is 24.5 Å². The summed E-state index contributed by atoms with van der Waals surface area (Å²) in [6, 6.07) is 6.83. The molecule has 0 aliphatic heterocycles. The first-order valence-corrected chi connectivity index (χ1v) is 6.05. The number of aromatic hydroxyl groups is 1. The van der Waals surface area contributed by atoms with E-state index in [4.69, 9.17) is 0 Å². The Bertz CT molecular complexity index is 609. The minimum atomic E-state index is -0.280. The fourth-order valence-corrected chi connectivity index (χ4v) is 1.80. The SMILES string of the molecule is Cc1ccc(O)c(C(=O)NCc2ccncc2C)c1. The molecule has 2 aromatic rings. The molecule has 2 N–H and O–H groups in total. The summed E-state index contributed by atoms with van der Waals surface area (Å²) in [5, 5.41) is 12.5. The molecule has 1 aromatic carbocycles. The van der Waals surface area contributed by atoms with Crippen LogP contribution in [-0.4, -0.2) is 16.0 Å². The third-order valence-corrected chi connectivity index (χ3v) is 2.97. The molecule has 0 spiro atoms. The molecule has 0 atom stereocenters. The average molecular weight is 256 g/mol. The van der Waals surface area contributed by atoms with Crippen LogP contribution in [0.4, 0.5) is 0 Å². The van der Waals surface area contributed by atoms with Gasteiger partial charge in [0.1, 0.15) is 5.75 Å². The Balaban J connectivity index is 2.10. The summed E-state index contributed by atoms with van der Waals surface area (Å²) < 4.78 is 0. The van der Waals surface area contributed by atoms with Crippen LogP contribution in [0.1, 0.15) is 27.0 Å². The monoisotopic (exact) mass is 256 g/mol. The van der Waals surface area contributed by atoms with Gasteiger partial charge in [-0.1, -0.05) is 11.6 Å². The number of carbonyl (C=O) groups excluding carboxylic acids is 1. The van der Waals surface area contributed by atoms with Crippen LogP contribution in [0.15, 0.2) is 36.7 Å². The quantitative estimate of drug-likeness (QED) is 0.886. The Morgan fingerprint density at radius 3 is 2.84 bits per heavy atom. The zero-order valence-electron chi connectivity index (χ0n) is 11.0. The van der Waals surface area contributed by atoms with Gasteiger partial charge in [-0.2, -0.15) is 0 Å². The Labute approximate surface area is 112 Å². The van der Waals surface area contributed by atoms with Crippen LogP contribution in [0, 0.1) is 13.8 Å². The molecule has 0 unspecified atom stereocenters. The van der Waals surface area contributed by atoms with Crippen molar-refractivity contribution < 1.29 is 9.90 Å². The summed E-state index contributed by atoms with van der Waals surface area (Å²) in [5.41, 5.74) is 3.27. The van der Waals surface area contributed by atoms with Gasteiger partial charge in [0.2, 0.25) is 0 Å². The molecule has 4 nitrogen and oxygen atoms in total. The van der Waals surface area contributed by atoms with Crippen LogP contribution in [0.5, 0.6) is 5.75 Å². The number of hydrogen-bond acceptors (Lipinski definition) is 3. The van der Waals surface area contributed by atoms with Crippen molar-refractivity contribution in [3.63, 3.8) is 0 Å². The number of carbonyl (C=O) groups is 1. The number of aryl methyl sites for hydroxylation is 2. The Hall–Kier alpha value is -2.36. The molecule has 2 rings (SSSR count). The molecular weight excluding hydrogens is 240 g/mol. The van der Waals surface area contributed by atoms with Gasteiger partial charge in [0.05, 0.1) is 5.56 Å². The van der Waals surface area contributed by atoms with Crippen LogP contribution in [0.25, 0.3) is 0 Å². The van der Waals surface area contributed by atoms with Gasteiger partial charge in [-0.05, 0) is 43.2 Å². The summed E-state index contributed by atoms with van der Waals surface area (Å²) in [5.74, 6) is -0.285. The van der Waals surface area contributed by atoms with Crippen LogP contribution < -0.4 is 5.32 Å². The van der Waals surface area contributed by atoms with E-state index in [9.17, 15) is 9.90 Å². The maximum absolute atomic E-state index is 12.0. The molecule has 0 bridgehead atoms. The van der Waals surface area contributed by atoms with Crippen molar-refractivity contribution in [2.75, 3.05) is 0 Å². The van der Waals surface area contributed by atoms with Crippen molar-refractivity contribution in [2.45, 2.75) is 20.4 Å². The third-order valence-electron chi connectivity index (χ3n) is 2.97. The predicted molar refractivity (Wildman–Crippen MR) is 73.0 cm³/mol. The highest BCUT2D eigenvalue weighted by Crippen LogP contribution is 2.18. The Morgan fingerprint density at radius 2 is 2.11 bits per heavy atom. The van der Waals surface area contributed by atoms with Crippen molar-refractivity contribution >= 4 is 5.91 Å². The average Bonchev–Trinajstić information content (AvgIpc) is 2.40. The van der Waals surface area contributed by atoms with E-state index < -0.39 is 0 Å². The molecule has 19 heavy (non-hydrogen) atoms. The van der Waals surface area contributed by atoms with E-state index in [-0.39, 0.29) is 11.7 Å². The van der Waals surface area contributed by atoms with Crippen molar-refractivity contribution in [2.24, 2.45) is 0 Å². The van der Waals surface area contributed by atoms with Gasteiger partial charge >= 0.3 is 0 Å². The molecule has 0 fully saturated rings. The minimum absolute atomic E-state index is 0.00505. The highest BCUT2D eigenvalue weighted by Gasteiger charge is 2.11. The first-order chi connectivity index (χ1) is 9.08. The van der Waals surface area contributed by atoms with Gasteiger partial charge in [-0.3, -0.25) is 9.78 Å². The van der Waals surface area contributed by atoms with Crippen molar-refractivity contribution in [1.82, 2.24) is 10.3 Å². The molecule has 98 valence electrons. The van der Waals surface area contributed by atoms with E-state index in [1.165, 1.54) is 6.07 Å². The van der Waals surface area contributed by atoms with Crippen LogP contribution in [-0.2, 0) is 6.54 Å². The van der Waals surface area contributed by atoms with E-state index in [2.05, 4.69) is 10.3 Å². The number of nitrogens with zero attached hydrogens (tertiary/aromatic N) is 1. The van der Waals surface area contributed by atoms with Gasteiger partial charge in [0.25, 0.3) is 5.91 Å². The number of pyridine rings is 1. The number of amides is 1. The summed E-state index contributed by atoms with van der Waals surface area (Å²) in [7, 11) is 0. The highest BCUT2D eigenvalue weighted by atomic mass is 16.3. The molecule has 0 saturated carbocycles. The fraction of sp³-hybridized carbons (Fsp3) is 0.200. The van der Waals surface area contributed by atoms with Crippen LogP contribution in [0.2, 0.25) is 0 Å². The second-order valence-corrected chi connectivity index (χ2v) is 4.51. The number of phenols is 1. The minimum Gasteiger partial charge on any atom is -0.507 e. The molecule has 1 aromatic heterocycles. The topological polar surface area (TPSA) is 62.2 Å². The van der Waals surface area contributed by atoms with Crippen LogP contribution >= 0.6 is 0 Å². The fourth-order valence-electron chi connectivity index (χ4n) is 1.80. The van der Waals surface area contributed by atoms with Gasteiger partial charge < -0.3 is 10.4 Å². The lowest BCUT2D eigenvalue weighted by Gasteiger charge is -2.09. The predicted octanol–water partition coefficient (Wildman–Crippen LogP) is 2.33. The number of hydrogen-bond donors (Lipinski definition) is 2. The molecule has 0 radical (unpaired) electrons. The second-order valence-electron chi connectivity index (χ2n) is 4.51. The summed E-state index contributed by atoms with van der Waals surface area (Å²) in [6.07, 6.45) is 3.45. The zero-order valence-corrected chi connectivity index (χ0v) is 11.0. The third kappa shape index (κ3) is 3.10. The lowest BCUT2D eigenvalue weighted by atomic mass is 10.1. The standard InChI is InChI=1S/C15H16N2O2/c1-10-3-4-14(18)13(7-10)15(19)17-9-12-5-6-16-8-11(12)2/h3-8,18H,9H2,1-2H3,(H,17,19). The lowest BCUT2D eigenvalue weighted by Crippen LogP contribution is -2.23. The van der Waals surface area contributed by atoms with Crippen molar-refractivity contribution in [3.8, 4) is 5.75 Å². The van der Waals surface area contributed by atoms with Gasteiger partial charge in [-0.25, -0.2) is 0 Å². The molecule has 4 heteroatoms. The zero-order chi connectivity index (χ0) is 13.8. The van der Waals surface area contributed by atoms with Gasteiger partial charge in [0.15, 0.2) is 0 Å². The molecular formula is C15H16N2O2. The number of aromatic nitrogens is 1. The number of benzene rings is 1. The smallest absolute Gasteiger partial charge is 0.255 e. The van der Waals surface area contributed by atoms with Crippen molar-refractivity contribution in [3.05, 3.63) is 58.9 Å². The second kappa shape index (κ2) is 5.52. The highest BCUT2D eigenvalue weighted by molar-refractivity contribution is 5.96. The first kappa shape index (κ1) is 13.1. The number of phenolic OH excluding ortho intramolecular Hbond substituents is 1. The Kier molecular flexibility index (Phi) is 3.80. The normalized spacial score (nSPS) is 10.2. The molecule has 0 saturated heterocycles. The van der Waals surface area contributed by atoms with Gasteiger partial charge in [0, 0.05) is 18.9 Å². The number of nitrogens with one attached hydrogen (secondary N) is 1. The molecule has 0 aliphatic rings. The van der Waals surface area contributed by atoms with Crippen LogP contribution in [0.3, 0.4) is 0 Å². The Morgan fingerprint density at radius 1 is 1.32 bits per heavy atom. The molecule has 1 heterocycles. The molecule has 1 amide bonds. The summed E-state index contributed by atoms with van der Waals surface area (Å²) in [6.45, 7) is 4.24. The van der Waals surface area contributed by atoms with Gasteiger partial charge in [-0.15, -0.1) is 0 Å². The maximum atomic E-state index is 12.0. The van der Waals surface area contributed by atoms with E-state index in [1.807, 2.05) is 19.9 Å². The van der Waals surface area contributed by atoms with E-state index in [0.717, 1.165) is 16.7 Å². The van der Waals surface area contributed by atoms with E-state index >= 15 is 0 Å².